The number of amidine groups is 1. The second-order valence-corrected chi connectivity index (χ2v) is 8.99. The third kappa shape index (κ3) is 3.49. The number of hydrogen-bond donors (Lipinski definition) is 2. The predicted molar refractivity (Wildman–Crippen MR) is 132 cm³/mol. The first kappa shape index (κ1) is 23.0. The number of ether oxygens (including phenoxy) is 2. The molecular formula is C26H28N4O5. The van der Waals surface area contributed by atoms with Gasteiger partial charge < -0.3 is 24.9 Å². The van der Waals surface area contributed by atoms with Crippen LogP contribution in [0.2, 0.25) is 0 Å². The topological polar surface area (TPSA) is 129 Å². The first-order chi connectivity index (χ1) is 16.8. The van der Waals surface area contributed by atoms with Crippen molar-refractivity contribution in [2.75, 3.05) is 7.11 Å². The number of hydrogen-bond acceptors (Lipinski definition) is 7. The van der Waals surface area contributed by atoms with E-state index < -0.39 is 11.6 Å². The van der Waals surface area contributed by atoms with Gasteiger partial charge in [-0.1, -0.05) is 20.3 Å². The zero-order chi connectivity index (χ0) is 24.9. The highest BCUT2D eigenvalue weighted by Crippen LogP contribution is 2.41. The zero-order valence-corrected chi connectivity index (χ0v) is 20.1. The van der Waals surface area contributed by atoms with Crippen LogP contribution in [-0.2, 0) is 28.3 Å². The van der Waals surface area contributed by atoms with Gasteiger partial charge in [-0.05, 0) is 37.1 Å². The van der Waals surface area contributed by atoms with Crippen LogP contribution in [0.3, 0.4) is 0 Å². The van der Waals surface area contributed by atoms with Gasteiger partial charge in [0.2, 0.25) is 0 Å². The Morgan fingerprint density at radius 3 is 2.83 bits per heavy atom. The van der Waals surface area contributed by atoms with Gasteiger partial charge in [-0.25, -0.2) is 14.8 Å². The van der Waals surface area contributed by atoms with E-state index in [2.05, 4.69) is 11.9 Å². The number of cyclic esters (lactones) is 1. The number of pyridine rings is 2. The van der Waals surface area contributed by atoms with Gasteiger partial charge in [-0.2, -0.15) is 0 Å². The van der Waals surface area contributed by atoms with Crippen LogP contribution in [0.15, 0.2) is 34.1 Å². The van der Waals surface area contributed by atoms with Crippen molar-refractivity contribution in [3.8, 4) is 17.1 Å². The fourth-order valence-corrected chi connectivity index (χ4v) is 4.89. The fourth-order valence-electron chi connectivity index (χ4n) is 4.89. The predicted octanol–water partition coefficient (Wildman–Crippen LogP) is 3.27. The number of nitrogens with zero attached hydrogens (tertiary/aromatic N) is 3. The number of methoxy groups -OCH3 is 1. The molecule has 0 radical (unpaired) electrons. The summed E-state index contributed by atoms with van der Waals surface area (Å²) in [6, 6.07) is 7.33. The Hall–Kier alpha value is -3.72. The lowest BCUT2D eigenvalue weighted by molar-refractivity contribution is -0.172. The number of benzene rings is 1. The number of fused-ring (bicyclic) bond motifs is 5. The molecule has 0 amide bonds. The maximum atomic E-state index is 13.3. The van der Waals surface area contributed by atoms with Gasteiger partial charge in [0.05, 0.1) is 42.0 Å². The largest absolute Gasteiger partial charge is 0.494 e. The van der Waals surface area contributed by atoms with E-state index >= 15 is 0 Å². The molecular weight excluding hydrogens is 448 g/mol. The lowest BCUT2D eigenvalue weighted by atomic mass is 9.86. The Morgan fingerprint density at radius 1 is 1.31 bits per heavy atom. The molecule has 2 aliphatic rings. The van der Waals surface area contributed by atoms with Crippen LogP contribution < -0.4 is 16.0 Å². The molecule has 0 aliphatic carbocycles. The van der Waals surface area contributed by atoms with Crippen molar-refractivity contribution in [2.45, 2.75) is 58.3 Å². The molecule has 0 saturated carbocycles. The minimum atomic E-state index is -1.85. The zero-order valence-electron chi connectivity index (χ0n) is 20.1. The monoisotopic (exact) mass is 476 g/mol. The Balaban J connectivity index is 1.66. The molecule has 0 bridgehead atoms. The third-order valence-corrected chi connectivity index (χ3v) is 6.88. The summed E-state index contributed by atoms with van der Waals surface area (Å²) in [5, 5.41) is 11.8. The van der Waals surface area contributed by atoms with Gasteiger partial charge >= 0.3 is 5.97 Å². The molecule has 182 valence electrons. The molecule has 5 rings (SSSR count). The summed E-state index contributed by atoms with van der Waals surface area (Å²) in [5.74, 6) is 0.375. The average molecular weight is 477 g/mol. The van der Waals surface area contributed by atoms with Crippen LogP contribution in [0.5, 0.6) is 5.75 Å². The van der Waals surface area contributed by atoms with Crippen LogP contribution in [0.1, 0.15) is 56.2 Å². The standard InChI is InChI=1S/C26H28N4O5/c1-4-6-7-21(27)28-19-9-8-18-15(23(19)34-3)10-14-12-30-20(22(14)29-18)11-17-16(24(30)31)13-35-25(32)26(17,33)5-2/h8-11,33H,4-7,12-13H2,1-3H3,(H2,27,28)/t26-/m0/s1. The number of aliphatic imine (C=N–C) groups is 1. The number of carbonyl (C=O) groups is 1. The van der Waals surface area contributed by atoms with Gasteiger partial charge in [-0.15, -0.1) is 0 Å². The minimum Gasteiger partial charge on any atom is -0.494 e. The number of nitrogens with two attached hydrogens (primary N) is 1. The summed E-state index contributed by atoms with van der Waals surface area (Å²) in [4.78, 5) is 35.1. The van der Waals surface area contributed by atoms with Gasteiger partial charge in [0.25, 0.3) is 5.56 Å². The number of aromatic nitrogens is 2. The SMILES string of the molecule is CCCCC(N)=Nc1ccc2nc3c(cc2c1OC)Cn1c-3cc2c(c1=O)COC(=O)[C@]2(O)CC. The maximum absolute atomic E-state index is 13.3. The number of aliphatic hydroxyl groups is 1. The summed E-state index contributed by atoms with van der Waals surface area (Å²) in [5.41, 5.74) is 7.91. The molecule has 4 heterocycles. The molecule has 35 heavy (non-hydrogen) atoms. The summed E-state index contributed by atoms with van der Waals surface area (Å²) >= 11 is 0. The van der Waals surface area contributed by atoms with Crippen molar-refractivity contribution in [2.24, 2.45) is 10.7 Å². The highest BCUT2D eigenvalue weighted by atomic mass is 16.6. The molecule has 3 N–H and O–H groups in total. The Labute approximate surface area is 202 Å². The van der Waals surface area contributed by atoms with E-state index in [1.807, 2.05) is 18.2 Å². The molecule has 2 aliphatic heterocycles. The summed E-state index contributed by atoms with van der Waals surface area (Å²) in [6.07, 6.45) is 2.79. The molecule has 1 aromatic carbocycles. The molecule has 0 spiro atoms. The quantitative estimate of drug-likeness (QED) is 0.248. The normalized spacial score (nSPS) is 18.7. The average Bonchev–Trinajstić information content (AvgIpc) is 3.22. The second-order valence-electron chi connectivity index (χ2n) is 8.99. The first-order valence-electron chi connectivity index (χ1n) is 11.8. The molecule has 2 aromatic heterocycles. The maximum Gasteiger partial charge on any atom is 0.343 e. The minimum absolute atomic E-state index is 0.0988. The summed E-state index contributed by atoms with van der Waals surface area (Å²) in [6.45, 7) is 3.94. The van der Waals surface area contributed by atoms with Gasteiger partial charge in [0.1, 0.15) is 12.3 Å². The van der Waals surface area contributed by atoms with Crippen LogP contribution in [0.4, 0.5) is 5.69 Å². The van der Waals surface area contributed by atoms with Crippen LogP contribution in [0.25, 0.3) is 22.3 Å². The van der Waals surface area contributed by atoms with Crippen molar-refractivity contribution in [3.05, 3.63) is 51.3 Å². The van der Waals surface area contributed by atoms with Gasteiger partial charge in [0.15, 0.2) is 11.4 Å². The lowest BCUT2D eigenvalue weighted by Crippen LogP contribution is -2.44. The van der Waals surface area contributed by atoms with E-state index in [1.54, 1.807) is 24.7 Å². The fraction of sp³-hybridized carbons (Fsp3) is 0.385. The van der Waals surface area contributed by atoms with E-state index in [0.29, 0.717) is 58.3 Å². The molecule has 3 aromatic rings. The van der Waals surface area contributed by atoms with Crippen LogP contribution in [-0.4, -0.2) is 33.6 Å². The Morgan fingerprint density at radius 2 is 2.11 bits per heavy atom. The molecule has 0 fully saturated rings. The molecule has 9 heteroatoms. The van der Waals surface area contributed by atoms with E-state index in [-0.39, 0.29) is 18.6 Å². The van der Waals surface area contributed by atoms with Crippen molar-refractivity contribution < 1.29 is 19.4 Å². The number of rotatable bonds is 6. The smallest absolute Gasteiger partial charge is 0.343 e. The highest BCUT2D eigenvalue weighted by Gasteiger charge is 2.45. The molecule has 0 unspecified atom stereocenters. The first-order valence-corrected chi connectivity index (χ1v) is 11.8. The second kappa shape index (κ2) is 8.49. The van der Waals surface area contributed by atoms with Crippen LogP contribution in [0, 0.1) is 0 Å². The summed E-state index contributed by atoms with van der Waals surface area (Å²) < 4.78 is 12.4. The molecule has 9 nitrogen and oxygen atoms in total. The molecule has 0 saturated heterocycles. The highest BCUT2D eigenvalue weighted by molar-refractivity contribution is 5.95. The van der Waals surface area contributed by atoms with E-state index in [1.165, 1.54) is 0 Å². The van der Waals surface area contributed by atoms with Gasteiger partial charge in [0, 0.05) is 22.9 Å². The van der Waals surface area contributed by atoms with Crippen molar-refractivity contribution in [3.63, 3.8) is 0 Å². The number of esters is 1. The van der Waals surface area contributed by atoms with Crippen molar-refractivity contribution >= 4 is 28.4 Å². The number of carbonyl (C=O) groups excluding carboxylic acids is 1. The number of unbranched alkanes of at least 4 members (excludes halogenated alkanes) is 1. The van der Waals surface area contributed by atoms with E-state index in [4.69, 9.17) is 20.2 Å². The molecule has 1 atom stereocenters. The van der Waals surface area contributed by atoms with E-state index in [9.17, 15) is 14.7 Å². The van der Waals surface area contributed by atoms with Crippen LogP contribution >= 0.6 is 0 Å². The van der Waals surface area contributed by atoms with E-state index in [0.717, 1.165) is 23.8 Å². The van der Waals surface area contributed by atoms with Crippen molar-refractivity contribution in [1.29, 1.82) is 0 Å². The summed E-state index contributed by atoms with van der Waals surface area (Å²) in [7, 11) is 1.58. The Kier molecular flexibility index (Phi) is 5.59. The van der Waals surface area contributed by atoms with Crippen molar-refractivity contribution in [1.82, 2.24) is 9.55 Å². The lowest BCUT2D eigenvalue weighted by Gasteiger charge is -2.31. The third-order valence-electron chi connectivity index (χ3n) is 6.88. The van der Waals surface area contributed by atoms with Gasteiger partial charge in [-0.3, -0.25) is 4.79 Å². The Bertz CT molecular complexity index is 1460.